The Labute approximate surface area is 154 Å². The van der Waals surface area contributed by atoms with E-state index in [-0.39, 0.29) is 11.7 Å². The third-order valence-electron chi connectivity index (χ3n) is 4.41. The molecule has 0 atom stereocenters. The first-order chi connectivity index (χ1) is 13.0. The number of nitrogens with zero attached hydrogens (tertiary/aromatic N) is 5. The molecule has 0 aliphatic heterocycles. The number of amides is 1. The van der Waals surface area contributed by atoms with Crippen LogP contribution in [0.4, 0.5) is 4.39 Å². The number of aromatic nitrogens is 5. The summed E-state index contributed by atoms with van der Waals surface area (Å²) in [4.78, 5) is 21.0. The Morgan fingerprint density at radius 1 is 1.19 bits per heavy atom. The minimum atomic E-state index is -0.318. The Morgan fingerprint density at radius 2 is 1.96 bits per heavy atom. The largest absolute Gasteiger partial charge is 0.346 e. The number of aryl methyl sites for hydroxylation is 1. The summed E-state index contributed by atoms with van der Waals surface area (Å²) in [5, 5.41) is 7.35. The normalized spacial score (nSPS) is 11.1. The van der Waals surface area contributed by atoms with Gasteiger partial charge in [-0.2, -0.15) is 5.10 Å². The lowest BCUT2D eigenvalue weighted by Gasteiger charge is -2.07. The molecule has 1 N–H and O–H groups in total. The van der Waals surface area contributed by atoms with Crippen LogP contribution < -0.4 is 5.32 Å². The van der Waals surface area contributed by atoms with E-state index >= 15 is 0 Å². The molecule has 0 radical (unpaired) electrons. The number of fused-ring (bicyclic) bond motifs is 1. The van der Waals surface area contributed by atoms with E-state index in [0.29, 0.717) is 29.2 Å². The molecule has 136 valence electrons. The van der Waals surface area contributed by atoms with Gasteiger partial charge < -0.3 is 5.32 Å². The lowest BCUT2D eigenvalue weighted by molar-refractivity contribution is 0.0949. The average molecular weight is 364 g/mol. The highest BCUT2D eigenvalue weighted by Gasteiger charge is 2.19. The molecule has 8 heteroatoms. The smallest absolute Gasteiger partial charge is 0.255 e. The summed E-state index contributed by atoms with van der Waals surface area (Å²) in [6, 6.07) is 5.99. The number of benzene rings is 1. The molecule has 0 saturated carbocycles. The van der Waals surface area contributed by atoms with Crippen LogP contribution in [0.15, 0.2) is 49.1 Å². The van der Waals surface area contributed by atoms with E-state index in [1.54, 1.807) is 48.5 Å². The van der Waals surface area contributed by atoms with Crippen molar-refractivity contribution in [3.8, 4) is 5.69 Å². The van der Waals surface area contributed by atoms with Crippen molar-refractivity contribution in [1.82, 2.24) is 29.5 Å². The zero-order valence-corrected chi connectivity index (χ0v) is 14.8. The molecule has 0 unspecified atom stereocenters. The molecule has 3 aromatic heterocycles. The van der Waals surface area contributed by atoms with Crippen molar-refractivity contribution in [3.05, 3.63) is 77.5 Å². The molecule has 3 heterocycles. The van der Waals surface area contributed by atoms with E-state index in [2.05, 4.69) is 20.4 Å². The third kappa shape index (κ3) is 3.05. The van der Waals surface area contributed by atoms with Crippen LogP contribution in [0, 0.1) is 19.7 Å². The van der Waals surface area contributed by atoms with Crippen LogP contribution in [0.1, 0.15) is 27.4 Å². The fourth-order valence-corrected chi connectivity index (χ4v) is 3.09. The highest BCUT2D eigenvalue weighted by molar-refractivity contribution is 5.96. The van der Waals surface area contributed by atoms with Gasteiger partial charge in [-0.15, -0.1) is 0 Å². The Bertz CT molecular complexity index is 1130. The molecule has 0 aliphatic rings. The fraction of sp³-hybridized carbons (Fsp3) is 0.158. The number of rotatable bonds is 4. The number of hydrogen-bond donors (Lipinski definition) is 1. The van der Waals surface area contributed by atoms with Crippen LogP contribution in [-0.2, 0) is 6.54 Å². The number of halogens is 1. The maximum atomic E-state index is 13.2. The average Bonchev–Trinajstić information content (AvgIpc) is 3.21. The maximum absolute atomic E-state index is 13.2. The maximum Gasteiger partial charge on any atom is 0.255 e. The van der Waals surface area contributed by atoms with Gasteiger partial charge in [0.1, 0.15) is 5.82 Å². The number of nitrogens with one attached hydrogen (secondary N) is 1. The van der Waals surface area contributed by atoms with E-state index in [4.69, 9.17) is 0 Å². The van der Waals surface area contributed by atoms with Crippen LogP contribution in [0.3, 0.4) is 0 Å². The lowest BCUT2D eigenvalue weighted by atomic mass is 10.2. The molecule has 0 aliphatic carbocycles. The van der Waals surface area contributed by atoms with E-state index in [9.17, 15) is 9.18 Å². The second-order valence-corrected chi connectivity index (χ2v) is 6.17. The molecule has 1 aromatic carbocycles. The number of carbonyl (C=O) groups is 1. The predicted molar refractivity (Wildman–Crippen MR) is 97.2 cm³/mol. The van der Waals surface area contributed by atoms with Crippen LogP contribution in [-0.4, -0.2) is 30.1 Å². The second-order valence-electron chi connectivity index (χ2n) is 6.17. The summed E-state index contributed by atoms with van der Waals surface area (Å²) in [7, 11) is 0. The molecule has 4 aromatic rings. The molecule has 0 fully saturated rings. The monoisotopic (exact) mass is 364 g/mol. The number of carbonyl (C=O) groups excluding carboxylic acids is 1. The van der Waals surface area contributed by atoms with Crippen LogP contribution >= 0.6 is 0 Å². The van der Waals surface area contributed by atoms with E-state index in [1.807, 2.05) is 11.3 Å². The molecule has 0 spiro atoms. The standard InChI is InChI=1S/C19H17FN6O/c1-12-18(13(2)26(24-12)15-5-3-14(20)4-6-15)19(27)23-10-16-9-22-17-11-21-7-8-25(16)17/h3-9,11H,10H2,1-2H3,(H,23,27). The van der Waals surface area contributed by atoms with Gasteiger partial charge in [-0.1, -0.05) is 0 Å². The van der Waals surface area contributed by atoms with Crippen LogP contribution in [0.2, 0.25) is 0 Å². The van der Waals surface area contributed by atoms with Crippen molar-refractivity contribution in [2.75, 3.05) is 0 Å². The Balaban J connectivity index is 1.58. The van der Waals surface area contributed by atoms with Crippen molar-refractivity contribution in [3.63, 3.8) is 0 Å². The first kappa shape index (κ1) is 16.9. The van der Waals surface area contributed by atoms with Gasteiger partial charge in [0.25, 0.3) is 5.91 Å². The van der Waals surface area contributed by atoms with Gasteiger partial charge in [0.15, 0.2) is 5.65 Å². The minimum Gasteiger partial charge on any atom is -0.346 e. The van der Waals surface area contributed by atoms with Crippen LogP contribution in [0.5, 0.6) is 0 Å². The lowest BCUT2D eigenvalue weighted by Crippen LogP contribution is -2.24. The summed E-state index contributed by atoms with van der Waals surface area (Å²) in [6.45, 7) is 3.92. The molecular formula is C19H17FN6O. The van der Waals surface area contributed by atoms with Crippen molar-refractivity contribution in [2.24, 2.45) is 0 Å². The van der Waals surface area contributed by atoms with Gasteiger partial charge in [0, 0.05) is 12.4 Å². The van der Waals surface area contributed by atoms with Gasteiger partial charge in [0.05, 0.1) is 47.3 Å². The topological polar surface area (TPSA) is 77.1 Å². The summed E-state index contributed by atoms with van der Waals surface area (Å²) in [6.07, 6.45) is 6.83. The molecule has 27 heavy (non-hydrogen) atoms. The van der Waals surface area contributed by atoms with E-state index in [0.717, 1.165) is 11.3 Å². The highest BCUT2D eigenvalue weighted by Crippen LogP contribution is 2.18. The quantitative estimate of drug-likeness (QED) is 0.604. The minimum absolute atomic E-state index is 0.220. The van der Waals surface area contributed by atoms with Crippen molar-refractivity contribution in [1.29, 1.82) is 0 Å². The Kier molecular flexibility index (Phi) is 4.15. The van der Waals surface area contributed by atoms with Crippen LogP contribution in [0.25, 0.3) is 11.3 Å². The van der Waals surface area contributed by atoms with Gasteiger partial charge in [-0.05, 0) is 38.1 Å². The van der Waals surface area contributed by atoms with Gasteiger partial charge >= 0.3 is 0 Å². The summed E-state index contributed by atoms with van der Waals surface area (Å²) < 4.78 is 16.7. The zero-order valence-electron chi connectivity index (χ0n) is 14.8. The molecular weight excluding hydrogens is 347 g/mol. The van der Waals surface area contributed by atoms with Gasteiger partial charge in [-0.25, -0.2) is 14.1 Å². The van der Waals surface area contributed by atoms with Gasteiger partial charge in [-0.3, -0.25) is 14.2 Å². The SMILES string of the molecule is Cc1nn(-c2ccc(F)cc2)c(C)c1C(=O)NCc1cnc2cnccn12. The molecule has 7 nitrogen and oxygen atoms in total. The Morgan fingerprint density at radius 3 is 2.74 bits per heavy atom. The first-order valence-corrected chi connectivity index (χ1v) is 8.41. The first-order valence-electron chi connectivity index (χ1n) is 8.41. The molecule has 1 amide bonds. The van der Waals surface area contributed by atoms with Crippen molar-refractivity contribution in [2.45, 2.75) is 20.4 Å². The third-order valence-corrected chi connectivity index (χ3v) is 4.41. The number of imidazole rings is 1. The summed E-state index contributed by atoms with van der Waals surface area (Å²) in [5.74, 6) is -0.538. The highest BCUT2D eigenvalue weighted by atomic mass is 19.1. The number of hydrogen-bond acceptors (Lipinski definition) is 4. The zero-order chi connectivity index (χ0) is 19.0. The fourth-order valence-electron chi connectivity index (χ4n) is 3.09. The summed E-state index contributed by atoms with van der Waals surface area (Å²) in [5.41, 5.74) is 4.08. The predicted octanol–water partition coefficient (Wildman–Crippen LogP) is 2.60. The second kappa shape index (κ2) is 6.64. The Hall–Kier alpha value is -3.55. The van der Waals surface area contributed by atoms with Gasteiger partial charge in [0.2, 0.25) is 0 Å². The van der Waals surface area contributed by atoms with Crippen molar-refractivity contribution < 1.29 is 9.18 Å². The van der Waals surface area contributed by atoms with Crippen molar-refractivity contribution >= 4 is 11.6 Å². The van der Waals surface area contributed by atoms with E-state index in [1.165, 1.54) is 12.1 Å². The van der Waals surface area contributed by atoms with E-state index < -0.39 is 0 Å². The molecule has 4 rings (SSSR count). The summed E-state index contributed by atoms with van der Waals surface area (Å²) >= 11 is 0. The molecule has 0 bridgehead atoms. The molecule has 0 saturated heterocycles.